The Kier molecular flexibility index (Phi) is 3.79. The molecule has 0 atom stereocenters. The van der Waals surface area contributed by atoms with Gasteiger partial charge in [0.25, 0.3) is 0 Å². The summed E-state index contributed by atoms with van der Waals surface area (Å²) >= 11 is 0. The Hall–Kier alpha value is -2.37. The molecule has 0 aliphatic rings. The summed E-state index contributed by atoms with van der Waals surface area (Å²) < 4.78 is 1.76. The fourth-order valence-electron chi connectivity index (χ4n) is 1.93. The van der Waals surface area contributed by atoms with Crippen molar-refractivity contribution < 1.29 is 9.90 Å². The molecular weight excluding hydrogens is 244 g/mol. The van der Waals surface area contributed by atoms with Gasteiger partial charge in [-0.15, -0.1) is 0 Å². The smallest absolute Gasteiger partial charge is 0.339 e. The maximum absolute atomic E-state index is 11.1. The van der Waals surface area contributed by atoms with Gasteiger partial charge in [0.1, 0.15) is 11.4 Å². The van der Waals surface area contributed by atoms with E-state index in [1.165, 1.54) is 6.07 Å². The molecule has 0 spiro atoms. The summed E-state index contributed by atoms with van der Waals surface area (Å²) in [7, 11) is 1.87. The van der Waals surface area contributed by atoms with Crippen molar-refractivity contribution in [1.29, 1.82) is 0 Å². The van der Waals surface area contributed by atoms with E-state index in [9.17, 15) is 4.79 Å². The van der Waals surface area contributed by atoms with Gasteiger partial charge >= 0.3 is 5.97 Å². The SMILES string of the molecule is CCc1nn(C)cc1CNc1ncccc1C(=O)O. The molecular formula is C13H16N4O2. The Bertz CT molecular complexity index is 592. The number of carboxylic acids is 1. The van der Waals surface area contributed by atoms with Gasteiger partial charge in [-0.1, -0.05) is 6.92 Å². The first-order valence-electron chi connectivity index (χ1n) is 6.05. The summed E-state index contributed by atoms with van der Waals surface area (Å²) in [4.78, 5) is 15.1. The van der Waals surface area contributed by atoms with Gasteiger partial charge in [0.15, 0.2) is 0 Å². The number of aryl methyl sites for hydroxylation is 2. The molecule has 2 aromatic rings. The van der Waals surface area contributed by atoms with Crippen LogP contribution in [-0.4, -0.2) is 25.8 Å². The van der Waals surface area contributed by atoms with E-state index < -0.39 is 5.97 Å². The highest BCUT2D eigenvalue weighted by Crippen LogP contribution is 2.14. The molecule has 0 aliphatic carbocycles. The molecule has 6 heteroatoms. The lowest BCUT2D eigenvalue weighted by Gasteiger charge is -2.07. The normalized spacial score (nSPS) is 10.4. The molecule has 2 heterocycles. The van der Waals surface area contributed by atoms with Gasteiger partial charge < -0.3 is 10.4 Å². The lowest BCUT2D eigenvalue weighted by Crippen LogP contribution is -2.08. The second kappa shape index (κ2) is 5.51. The van der Waals surface area contributed by atoms with Gasteiger partial charge in [-0.05, 0) is 18.6 Å². The number of carbonyl (C=O) groups is 1. The lowest BCUT2D eigenvalue weighted by atomic mass is 10.2. The van der Waals surface area contributed by atoms with Crippen LogP contribution in [0.5, 0.6) is 0 Å². The van der Waals surface area contributed by atoms with Crippen molar-refractivity contribution in [3.05, 3.63) is 41.3 Å². The molecule has 0 aromatic carbocycles. The molecule has 2 aromatic heterocycles. The van der Waals surface area contributed by atoms with E-state index in [1.54, 1.807) is 16.9 Å². The van der Waals surface area contributed by atoms with Crippen molar-refractivity contribution in [2.45, 2.75) is 19.9 Å². The fraction of sp³-hybridized carbons (Fsp3) is 0.308. The predicted octanol–water partition coefficient (Wildman–Crippen LogP) is 1.69. The van der Waals surface area contributed by atoms with Gasteiger partial charge in [0.2, 0.25) is 0 Å². The van der Waals surface area contributed by atoms with Crippen molar-refractivity contribution >= 4 is 11.8 Å². The van der Waals surface area contributed by atoms with E-state index in [1.807, 2.05) is 20.2 Å². The van der Waals surface area contributed by atoms with Crippen molar-refractivity contribution in [2.24, 2.45) is 7.05 Å². The summed E-state index contributed by atoms with van der Waals surface area (Å²) in [5, 5.41) is 16.5. The van der Waals surface area contributed by atoms with Crippen LogP contribution in [0.4, 0.5) is 5.82 Å². The van der Waals surface area contributed by atoms with Crippen LogP contribution in [0.1, 0.15) is 28.5 Å². The minimum Gasteiger partial charge on any atom is -0.478 e. The quantitative estimate of drug-likeness (QED) is 0.855. The van der Waals surface area contributed by atoms with E-state index in [4.69, 9.17) is 5.11 Å². The molecule has 0 amide bonds. The third kappa shape index (κ3) is 2.90. The molecule has 100 valence electrons. The van der Waals surface area contributed by atoms with Crippen LogP contribution in [-0.2, 0) is 20.0 Å². The zero-order valence-electron chi connectivity index (χ0n) is 10.9. The predicted molar refractivity (Wildman–Crippen MR) is 71.1 cm³/mol. The van der Waals surface area contributed by atoms with Crippen LogP contribution in [0.25, 0.3) is 0 Å². The van der Waals surface area contributed by atoms with E-state index in [0.717, 1.165) is 17.7 Å². The second-order valence-electron chi connectivity index (χ2n) is 4.19. The maximum Gasteiger partial charge on any atom is 0.339 e. The molecule has 0 fully saturated rings. The minimum absolute atomic E-state index is 0.171. The average Bonchev–Trinajstić information content (AvgIpc) is 2.77. The van der Waals surface area contributed by atoms with Crippen molar-refractivity contribution in [3.8, 4) is 0 Å². The maximum atomic E-state index is 11.1. The topological polar surface area (TPSA) is 80.0 Å². The molecule has 0 bridgehead atoms. The Morgan fingerprint density at radius 2 is 2.32 bits per heavy atom. The van der Waals surface area contributed by atoms with Crippen LogP contribution >= 0.6 is 0 Å². The minimum atomic E-state index is -0.988. The summed E-state index contributed by atoms with van der Waals surface area (Å²) in [5.41, 5.74) is 2.22. The van der Waals surface area contributed by atoms with E-state index >= 15 is 0 Å². The zero-order chi connectivity index (χ0) is 13.8. The summed E-state index contributed by atoms with van der Waals surface area (Å²) in [6.45, 7) is 2.55. The molecule has 0 aliphatic heterocycles. The molecule has 0 saturated heterocycles. The van der Waals surface area contributed by atoms with Gasteiger partial charge in [0, 0.05) is 31.5 Å². The van der Waals surface area contributed by atoms with Crippen molar-refractivity contribution in [2.75, 3.05) is 5.32 Å². The number of pyridine rings is 1. The number of anilines is 1. The number of carboxylic acid groups (broad SMARTS) is 1. The number of nitrogens with zero attached hydrogens (tertiary/aromatic N) is 3. The van der Waals surface area contributed by atoms with Crippen LogP contribution in [0, 0.1) is 0 Å². The molecule has 2 N–H and O–H groups in total. The first-order chi connectivity index (χ1) is 9.11. The highest BCUT2D eigenvalue weighted by Gasteiger charge is 2.11. The Balaban J connectivity index is 2.16. The molecule has 2 rings (SSSR count). The second-order valence-corrected chi connectivity index (χ2v) is 4.19. The highest BCUT2D eigenvalue weighted by molar-refractivity contribution is 5.92. The van der Waals surface area contributed by atoms with Gasteiger partial charge in [0.05, 0.1) is 5.69 Å². The third-order valence-corrected chi connectivity index (χ3v) is 2.81. The van der Waals surface area contributed by atoms with Crippen molar-refractivity contribution in [3.63, 3.8) is 0 Å². The van der Waals surface area contributed by atoms with Crippen LogP contribution in [0.2, 0.25) is 0 Å². The number of hydrogen-bond acceptors (Lipinski definition) is 4. The molecule has 19 heavy (non-hydrogen) atoms. The van der Waals surface area contributed by atoms with Crippen molar-refractivity contribution in [1.82, 2.24) is 14.8 Å². The summed E-state index contributed by atoms with van der Waals surface area (Å²) in [6, 6.07) is 3.14. The third-order valence-electron chi connectivity index (χ3n) is 2.81. The number of aromatic carboxylic acids is 1. The molecule has 6 nitrogen and oxygen atoms in total. The monoisotopic (exact) mass is 260 g/mol. The molecule has 0 saturated carbocycles. The fourth-order valence-corrected chi connectivity index (χ4v) is 1.93. The Morgan fingerprint density at radius 1 is 1.53 bits per heavy atom. The lowest BCUT2D eigenvalue weighted by molar-refractivity contribution is 0.0697. The first kappa shape index (κ1) is 13.1. The Morgan fingerprint density at radius 3 is 3.00 bits per heavy atom. The van der Waals surface area contributed by atoms with Gasteiger partial charge in [-0.2, -0.15) is 5.10 Å². The molecule has 0 unspecified atom stereocenters. The highest BCUT2D eigenvalue weighted by atomic mass is 16.4. The Labute approximate surface area is 111 Å². The van der Waals surface area contributed by atoms with E-state index in [-0.39, 0.29) is 5.56 Å². The van der Waals surface area contributed by atoms with Crippen LogP contribution in [0.3, 0.4) is 0 Å². The van der Waals surface area contributed by atoms with Crippen LogP contribution < -0.4 is 5.32 Å². The van der Waals surface area contributed by atoms with E-state index in [0.29, 0.717) is 12.4 Å². The van der Waals surface area contributed by atoms with Crippen LogP contribution in [0.15, 0.2) is 24.5 Å². The van der Waals surface area contributed by atoms with Gasteiger partial charge in [-0.3, -0.25) is 4.68 Å². The summed E-state index contributed by atoms with van der Waals surface area (Å²) in [6.07, 6.45) is 4.33. The largest absolute Gasteiger partial charge is 0.478 e. The zero-order valence-corrected chi connectivity index (χ0v) is 10.9. The number of nitrogens with one attached hydrogen (secondary N) is 1. The first-order valence-corrected chi connectivity index (χ1v) is 6.05. The molecule has 0 radical (unpaired) electrons. The number of aromatic nitrogens is 3. The standard InChI is InChI=1S/C13H16N4O2/c1-3-11-9(8-17(2)16-11)7-15-12-10(13(18)19)5-4-6-14-12/h4-6,8H,3,7H2,1-2H3,(H,14,15)(H,18,19). The average molecular weight is 260 g/mol. The van der Waals surface area contributed by atoms with E-state index in [2.05, 4.69) is 15.4 Å². The van der Waals surface area contributed by atoms with Gasteiger partial charge in [-0.25, -0.2) is 9.78 Å². The number of hydrogen-bond donors (Lipinski definition) is 2. The number of rotatable bonds is 5. The summed E-state index contributed by atoms with van der Waals surface area (Å²) in [5.74, 6) is -0.613.